The number of carbonyl (C=O) groups excluding carboxylic acids is 2. The Morgan fingerprint density at radius 2 is 1.77 bits per heavy atom. The van der Waals surface area contributed by atoms with Crippen molar-refractivity contribution in [1.29, 1.82) is 0 Å². The van der Waals surface area contributed by atoms with Crippen molar-refractivity contribution in [2.24, 2.45) is 50.6 Å². The number of hydrogen-bond acceptors (Lipinski definition) is 8. The first-order chi connectivity index (χ1) is 18.5. The average Bonchev–Trinajstić information content (AvgIpc) is 3.78. The van der Waals surface area contributed by atoms with Crippen molar-refractivity contribution in [3.8, 4) is 0 Å². The van der Waals surface area contributed by atoms with E-state index < -0.39 is 24.3 Å². The highest BCUT2D eigenvalue weighted by Gasteiger charge is 2.85. The quantitative estimate of drug-likeness (QED) is 0.232. The Balaban J connectivity index is 1.18. The maximum atomic E-state index is 12.5. The van der Waals surface area contributed by atoms with E-state index in [0.717, 1.165) is 25.7 Å². The van der Waals surface area contributed by atoms with Gasteiger partial charge in [0.25, 0.3) is 0 Å². The Bertz CT molecular complexity index is 971. The standard InChI is InChI=1S/C32H55NO7/c1-19(29(5)16-23(29)28(3,4)25-13-22(35)15-27(38)40-25)9-11-39-26(37)14-21(34)12-24(36)31(7)18-32(31)17-30(32,6)20(2)8-10-33/h19-25,34-36H,8-18,33H2,1-7H3/t19-,20+,21+,22+,23?,24-,25-,29?,30?,31?,32?/m0/s1. The summed E-state index contributed by atoms with van der Waals surface area (Å²) >= 11 is 0. The number of hydrogen-bond donors (Lipinski definition) is 4. The van der Waals surface area contributed by atoms with Crippen LogP contribution in [0, 0.1) is 44.8 Å². The number of nitrogens with two attached hydrogens (primary N) is 1. The third kappa shape index (κ3) is 5.47. The molecule has 1 saturated heterocycles. The van der Waals surface area contributed by atoms with E-state index in [1.165, 1.54) is 0 Å². The fourth-order valence-corrected chi connectivity index (χ4v) is 8.96. The molecule has 40 heavy (non-hydrogen) atoms. The Morgan fingerprint density at radius 3 is 2.40 bits per heavy atom. The minimum Gasteiger partial charge on any atom is -0.466 e. The van der Waals surface area contributed by atoms with Crippen molar-refractivity contribution in [3.05, 3.63) is 0 Å². The molecule has 0 amide bonds. The van der Waals surface area contributed by atoms with E-state index in [4.69, 9.17) is 15.2 Å². The molecule has 11 atom stereocenters. The van der Waals surface area contributed by atoms with Crippen molar-refractivity contribution in [2.75, 3.05) is 13.2 Å². The molecule has 5 N–H and O–H groups in total. The number of ether oxygens (including phenoxy) is 2. The second kappa shape index (κ2) is 10.8. The van der Waals surface area contributed by atoms with Gasteiger partial charge < -0.3 is 30.5 Å². The minimum absolute atomic E-state index is 0.0446. The van der Waals surface area contributed by atoms with E-state index in [2.05, 4.69) is 48.5 Å². The van der Waals surface area contributed by atoms with Crippen LogP contribution < -0.4 is 5.73 Å². The molecule has 1 heterocycles. The zero-order valence-corrected chi connectivity index (χ0v) is 25.9. The highest BCUT2D eigenvalue weighted by molar-refractivity contribution is 5.71. The van der Waals surface area contributed by atoms with E-state index >= 15 is 0 Å². The summed E-state index contributed by atoms with van der Waals surface area (Å²) in [4.78, 5) is 24.4. The SMILES string of the molecule is C[C@H](CCN)C1(C)CC12CC2(C)[C@@H](O)C[C@@H](O)CC(=O)OCC[C@H](C)C1(C)CC1C(C)(C)[C@@H]1C[C@@H](O)CC(=O)O1. The molecule has 4 fully saturated rings. The summed E-state index contributed by atoms with van der Waals surface area (Å²) in [7, 11) is 0. The lowest BCUT2D eigenvalue weighted by Crippen LogP contribution is -2.44. The molecule has 0 aromatic carbocycles. The van der Waals surface area contributed by atoms with Crippen LogP contribution in [0.4, 0.5) is 0 Å². The molecule has 0 bridgehead atoms. The van der Waals surface area contributed by atoms with Gasteiger partial charge in [-0.3, -0.25) is 9.59 Å². The zero-order valence-electron chi connectivity index (χ0n) is 25.9. The van der Waals surface area contributed by atoms with Crippen molar-refractivity contribution < 1.29 is 34.4 Å². The molecule has 1 spiro atoms. The smallest absolute Gasteiger partial charge is 0.308 e. The lowest BCUT2D eigenvalue weighted by Gasteiger charge is -2.40. The summed E-state index contributed by atoms with van der Waals surface area (Å²) < 4.78 is 11.1. The topological polar surface area (TPSA) is 139 Å². The second-order valence-corrected chi connectivity index (χ2v) is 15.4. The molecule has 5 unspecified atom stereocenters. The Hall–Kier alpha value is -1.22. The number of rotatable bonds is 14. The first kappa shape index (κ1) is 31.7. The summed E-state index contributed by atoms with van der Waals surface area (Å²) in [5, 5.41) is 31.7. The largest absolute Gasteiger partial charge is 0.466 e. The van der Waals surface area contributed by atoms with E-state index in [1.54, 1.807) is 0 Å². The van der Waals surface area contributed by atoms with Gasteiger partial charge in [0.05, 0.1) is 37.8 Å². The summed E-state index contributed by atoms with van der Waals surface area (Å²) in [6, 6.07) is 0. The van der Waals surface area contributed by atoms with Gasteiger partial charge in [0.1, 0.15) is 6.10 Å². The molecule has 0 radical (unpaired) electrons. The number of aliphatic hydroxyl groups is 3. The summed E-state index contributed by atoms with van der Waals surface area (Å²) in [5.41, 5.74) is 5.69. The lowest BCUT2D eigenvalue weighted by molar-refractivity contribution is -0.171. The molecule has 3 aliphatic carbocycles. The molecule has 8 nitrogen and oxygen atoms in total. The first-order valence-corrected chi connectivity index (χ1v) is 15.6. The fraction of sp³-hybridized carbons (Fsp3) is 0.938. The first-order valence-electron chi connectivity index (χ1n) is 15.6. The third-order valence-electron chi connectivity index (χ3n) is 12.7. The number of carbonyl (C=O) groups is 2. The highest BCUT2D eigenvalue weighted by atomic mass is 16.5. The number of cyclic esters (lactones) is 1. The Morgan fingerprint density at radius 1 is 1.12 bits per heavy atom. The van der Waals surface area contributed by atoms with Gasteiger partial charge in [-0.05, 0) is 72.6 Å². The summed E-state index contributed by atoms with van der Waals surface area (Å²) in [6.45, 7) is 16.3. The van der Waals surface area contributed by atoms with Crippen LogP contribution in [0.15, 0.2) is 0 Å². The molecular weight excluding hydrogens is 510 g/mol. The third-order valence-corrected chi connectivity index (χ3v) is 12.7. The highest BCUT2D eigenvalue weighted by Crippen LogP contribution is 2.90. The molecule has 4 aliphatic rings. The number of aliphatic hydroxyl groups excluding tert-OH is 3. The maximum absolute atomic E-state index is 12.5. The predicted octanol–water partition coefficient (Wildman–Crippen LogP) is 3.97. The van der Waals surface area contributed by atoms with Crippen molar-refractivity contribution in [1.82, 2.24) is 0 Å². The van der Waals surface area contributed by atoms with Crippen LogP contribution in [0.3, 0.4) is 0 Å². The summed E-state index contributed by atoms with van der Waals surface area (Å²) in [5.74, 6) is 0.377. The van der Waals surface area contributed by atoms with Gasteiger partial charge in [0.2, 0.25) is 0 Å². The molecule has 8 heteroatoms. The van der Waals surface area contributed by atoms with Gasteiger partial charge in [-0.25, -0.2) is 0 Å². The van der Waals surface area contributed by atoms with Gasteiger partial charge in [-0.2, -0.15) is 0 Å². The molecule has 0 aromatic heterocycles. The van der Waals surface area contributed by atoms with Crippen LogP contribution in [0.5, 0.6) is 0 Å². The van der Waals surface area contributed by atoms with Crippen LogP contribution >= 0.6 is 0 Å². The van der Waals surface area contributed by atoms with Gasteiger partial charge in [0, 0.05) is 23.7 Å². The van der Waals surface area contributed by atoms with Crippen molar-refractivity contribution in [3.63, 3.8) is 0 Å². The normalized spacial score (nSPS) is 41.6. The summed E-state index contributed by atoms with van der Waals surface area (Å²) in [6.07, 6.45) is 2.83. The zero-order chi connectivity index (χ0) is 29.9. The molecule has 3 saturated carbocycles. The van der Waals surface area contributed by atoms with E-state index in [9.17, 15) is 24.9 Å². The Labute approximate surface area is 240 Å². The van der Waals surface area contributed by atoms with Gasteiger partial charge in [-0.15, -0.1) is 0 Å². The van der Waals surface area contributed by atoms with Gasteiger partial charge in [-0.1, -0.05) is 48.5 Å². The Kier molecular flexibility index (Phi) is 8.56. The molecule has 230 valence electrons. The van der Waals surface area contributed by atoms with Gasteiger partial charge in [0.15, 0.2) is 0 Å². The average molecular weight is 566 g/mol. The van der Waals surface area contributed by atoms with Gasteiger partial charge >= 0.3 is 11.9 Å². The van der Waals surface area contributed by atoms with E-state index in [-0.39, 0.29) is 65.0 Å². The van der Waals surface area contributed by atoms with E-state index in [0.29, 0.717) is 37.1 Å². The monoisotopic (exact) mass is 565 g/mol. The molecular formula is C32H55NO7. The van der Waals surface area contributed by atoms with E-state index in [1.807, 2.05) is 0 Å². The van der Waals surface area contributed by atoms with Crippen LogP contribution in [0.25, 0.3) is 0 Å². The second-order valence-electron chi connectivity index (χ2n) is 15.4. The van der Waals surface area contributed by atoms with Crippen LogP contribution in [0.2, 0.25) is 0 Å². The van der Waals surface area contributed by atoms with Crippen LogP contribution in [-0.2, 0) is 19.1 Å². The minimum atomic E-state index is -0.930. The predicted molar refractivity (Wildman–Crippen MR) is 152 cm³/mol. The van der Waals surface area contributed by atoms with Crippen molar-refractivity contribution >= 4 is 11.9 Å². The molecule has 1 aliphatic heterocycles. The lowest BCUT2D eigenvalue weighted by atomic mass is 9.72. The molecule has 0 aromatic rings. The molecule has 4 rings (SSSR count). The van der Waals surface area contributed by atoms with Crippen molar-refractivity contribution in [2.45, 2.75) is 131 Å². The van der Waals surface area contributed by atoms with Crippen LogP contribution in [-0.4, -0.2) is 64.8 Å². The van der Waals surface area contributed by atoms with Crippen LogP contribution in [0.1, 0.15) is 106 Å². The number of esters is 2. The maximum Gasteiger partial charge on any atom is 0.308 e. The fourth-order valence-electron chi connectivity index (χ4n) is 8.96.